The van der Waals surface area contributed by atoms with Crippen molar-refractivity contribution < 1.29 is 9.59 Å². The number of aromatic nitrogens is 3. The Bertz CT molecular complexity index is 783. The van der Waals surface area contributed by atoms with Crippen LogP contribution in [0.5, 0.6) is 0 Å². The fourth-order valence-electron chi connectivity index (χ4n) is 3.03. The molecule has 0 aliphatic carbocycles. The first-order chi connectivity index (χ1) is 12.6. The van der Waals surface area contributed by atoms with E-state index in [1.54, 1.807) is 6.20 Å². The van der Waals surface area contributed by atoms with Gasteiger partial charge in [-0.1, -0.05) is 19.9 Å². The van der Waals surface area contributed by atoms with E-state index < -0.39 is 0 Å². The summed E-state index contributed by atoms with van der Waals surface area (Å²) < 4.78 is 1.90. The van der Waals surface area contributed by atoms with Crippen molar-refractivity contribution in [2.24, 2.45) is 5.92 Å². The number of carbonyl (C=O) groups is 2. The number of amides is 2. The van der Waals surface area contributed by atoms with Crippen molar-refractivity contribution in [1.29, 1.82) is 0 Å². The first kappa shape index (κ1) is 18.1. The predicted octanol–water partition coefficient (Wildman–Crippen LogP) is 1.93. The SMILES string of the molecule is CC(C)CNC(=O)c1nc(C(=O)NCc2ccccn2)c2n1CCCC2. The molecule has 1 aliphatic rings. The van der Waals surface area contributed by atoms with Gasteiger partial charge in [0.2, 0.25) is 0 Å². The van der Waals surface area contributed by atoms with Crippen LogP contribution in [0.15, 0.2) is 24.4 Å². The van der Waals surface area contributed by atoms with Gasteiger partial charge in [-0.15, -0.1) is 0 Å². The molecule has 0 fully saturated rings. The zero-order valence-electron chi connectivity index (χ0n) is 15.3. The lowest BCUT2D eigenvalue weighted by atomic mass is 10.1. The van der Waals surface area contributed by atoms with Gasteiger partial charge >= 0.3 is 0 Å². The summed E-state index contributed by atoms with van der Waals surface area (Å²) in [7, 11) is 0. The Labute approximate surface area is 153 Å². The third kappa shape index (κ3) is 4.09. The molecule has 0 unspecified atom stereocenters. The van der Waals surface area contributed by atoms with Crippen LogP contribution in [0.25, 0.3) is 0 Å². The van der Waals surface area contributed by atoms with Gasteiger partial charge in [0.25, 0.3) is 11.8 Å². The molecule has 0 atom stereocenters. The van der Waals surface area contributed by atoms with Crippen molar-refractivity contribution in [3.05, 3.63) is 47.3 Å². The van der Waals surface area contributed by atoms with E-state index in [1.807, 2.05) is 36.6 Å². The van der Waals surface area contributed by atoms with Gasteiger partial charge in [0, 0.05) is 19.3 Å². The maximum absolute atomic E-state index is 12.6. The number of imidazole rings is 1. The van der Waals surface area contributed by atoms with E-state index in [-0.39, 0.29) is 11.8 Å². The average molecular weight is 355 g/mol. The monoisotopic (exact) mass is 355 g/mol. The van der Waals surface area contributed by atoms with E-state index in [2.05, 4.69) is 20.6 Å². The lowest BCUT2D eigenvalue weighted by molar-refractivity contribution is 0.0933. The average Bonchev–Trinajstić information content (AvgIpc) is 3.05. The Hall–Kier alpha value is -2.70. The van der Waals surface area contributed by atoms with Gasteiger partial charge in [-0.05, 0) is 37.3 Å². The molecule has 0 spiro atoms. The molecule has 26 heavy (non-hydrogen) atoms. The maximum atomic E-state index is 12.6. The van der Waals surface area contributed by atoms with Gasteiger partial charge in [0.15, 0.2) is 5.82 Å². The normalized spacial score (nSPS) is 13.3. The minimum atomic E-state index is -0.260. The second-order valence-electron chi connectivity index (χ2n) is 6.95. The molecule has 0 radical (unpaired) electrons. The lowest BCUT2D eigenvalue weighted by Crippen LogP contribution is -2.30. The minimum absolute atomic E-state index is 0.217. The molecule has 2 aromatic heterocycles. The Kier molecular flexibility index (Phi) is 5.65. The first-order valence-corrected chi connectivity index (χ1v) is 9.12. The van der Waals surface area contributed by atoms with Crippen molar-refractivity contribution in [3.63, 3.8) is 0 Å². The van der Waals surface area contributed by atoms with Gasteiger partial charge in [-0.25, -0.2) is 4.98 Å². The summed E-state index contributed by atoms with van der Waals surface area (Å²) in [6.07, 6.45) is 4.44. The molecule has 2 amide bonds. The highest BCUT2D eigenvalue weighted by molar-refractivity contribution is 5.97. The van der Waals surface area contributed by atoms with Crippen molar-refractivity contribution in [2.45, 2.75) is 46.2 Å². The molecule has 3 rings (SSSR count). The Morgan fingerprint density at radius 2 is 2.04 bits per heavy atom. The maximum Gasteiger partial charge on any atom is 0.287 e. The van der Waals surface area contributed by atoms with Gasteiger partial charge in [-0.3, -0.25) is 14.6 Å². The summed E-state index contributed by atoms with van der Waals surface area (Å²) in [5.74, 6) is 0.217. The number of rotatable bonds is 6. The number of nitrogens with zero attached hydrogens (tertiary/aromatic N) is 3. The zero-order chi connectivity index (χ0) is 18.5. The third-order valence-electron chi connectivity index (χ3n) is 4.36. The van der Waals surface area contributed by atoms with Gasteiger partial charge in [0.05, 0.1) is 17.9 Å². The first-order valence-electron chi connectivity index (χ1n) is 9.12. The summed E-state index contributed by atoms with van der Waals surface area (Å²) in [5, 5.41) is 5.75. The van der Waals surface area contributed by atoms with Crippen molar-refractivity contribution in [3.8, 4) is 0 Å². The number of hydrogen-bond acceptors (Lipinski definition) is 4. The molecule has 7 heteroatoms. The molecule has 0 aromatic carbocycles. The molecule has 1 aliphatic heterocycles. The zero-order valence-corrected chi connectivity index (χ0v) is 15.3. The van der Waals surface area contributed by atoms with Crippen LogP contribution in [0.2, 0.25) is 0 Å². The summed E-state index contributed by atoms with van der Waals surface area (Å²) in [6, 6.07) is 5.57. The molecule has 0 bridgehead atoms. The van der Waals surface area contributed by atoms with E-state index in [0.29, 0.717) is 30.5 Å². The summed E-state index contributed by atoms with van der Waals surface area (Å²) >= 11 is 0. The van der Waals surface area contributed by atoms with E-state index in [1.165, 1.54) is 0 Å². The molecule has 0 saturated carbocycles. The summed E-state index contributed by atoms with van der Waals surface area (Å²) in [5.41, 5.74) is 1.99. The van der Waals surface area contributed by atoms with Crippen molar-refractivity contribution in [1.82, 2.24) is 25.2 Å². The van der Waals surface area contributed by atoms with E-state index in [9.17, 15) is 9.59 Å². The van der Waals surface area contributed by atoms with Gasteiger partial charge in [-0.2, -0.15) is 0 Å². The third-order valence-corrected chi connectivity index (χ3v) is 4.36. The quantitative estimate of drug-likeness (QED) is 0.829. The largest absolute Gasteiger partial charge is 0.349 e. The lowest BCUT2D eigenvalue weighted by Gasteiger charge is -2.17. The highest BCUT2D eigenvalue weighted by Crippen LogP contribution is 2.21. The van der Waals surface area contributed by atoms with Crippen molar-refractivity contribution in [2.75, 3.05) is 6.54 Å². The Morgan fingerprint density at radius 3 is 2.77 bits per heavy atom. The van der Waals surface area contributed by atoms with Crippen LogP contribution < -0.4 is 10.6 Å². The number of nitrogens with one attached hydrogen (secondary N) is 2. The van der Waals surface area contributed by atoms with Crippen LogP contribution in [-0.4, -0.2) is 32.9 Å². The number of fused-ring (bicyclic) bond motifs is 1. The molecule has 2 aromatic rings. The fraction of sp³-hybridized carbons (Fsp3) is 0.474. The number of hydrogen-bond donors (Lipinski definition) is 2. The van der Waals surface area contributed by atoms with Crippen LogP contribution in [0.3, 0.4) is 0 Å². The van der Waals surface area contributed by atoms with Crippen LogP contribution >= 0.6 is 0 Å². The van der Waals surface area contributed by atoms with E-state index in [0.717, 1.165) is 37.2 Å². The molecule has 0 saturated heterocycles. The van der Waals surface area contributed by atoms with Crippen LogP contribution in [0.1, 0.15) is 59.2 Å². The number of carbonyl (C=O) groups excluding carboxylic acids is 2. The van der Waals surface area contributed by atoms with Gasteiger partial charge < -0.3 is 15.2 Å². The highest BCUT2D eigenvalue weighted by Gasteiger charge is 2.27. The fourth-order valence-corrected chi connectivity index (χ4v) is 3.03. The molecule has 2 N–H and O–H groups in total. The second-order valence-corrected chi connectivity index (χ2v) is 6.95. The molecule has 138 valence electrons. The molecule has 7 nitrogen and oxygen atoms in total. The number of pyridine rings is 1. The van der Waals surface area contributed by atoms with Gasteiger partial charge in [0.1, 0.15) is 5.69 Å². The van der Waals surface area contributed by atoms with E-state index in [4.69, 9.17) is 0 Å². The van der Waals surface area contributed by atoms with Crippen molar-refractivity contribution >= 4 is 11.8 Å². The molecular formula is C19H25N5O2. The standard InChI is InChI=1S/C19H25N5O2/c1-13(2)11-21-19(26)17-23-16(15-8-4-6-10-24(15)17)18(25)22-12-14-7-3-5-9-20-14/h3,5,7,9,13H,4,6,8,10-12H2,1-2H3,(H,21,26)(H,22,25). The minimum Gasteiger partial charge on any atom is -0.349 e. The highest BCUT2D eigenvalue weighted by atomic mass is 16.2. The predicted molar refractivity (Wildman–Crippen MR) is 97.7 cm³/mol. The summed E-state index contributed by atoms with van der Waals surface area (Å²) in [6.45, 7) is 5.72. The van der Waals surface area contributed by atoms with E-state index >= 15 is 0 Å². The Morgan fingerprint density at radius 1 is 1.19 bits per heavy atom. The topological polar surface area (TPSA) is 88.9 Å². The van der Waals surface area contributed by atoms with Crippen LogP contribution in [-0.2, 0) is 19.5 Å². The van der Waals surface area contributed by atoms with Crippen LogP contribution in [0.4, 0.5) is 0 Å². The smallest absolute Gasteiger partial charge is 0.287 e. The Balaban J connectivity index is 1.78. The molecular weight excluding hydrogens is 330 g/mol. The second kappa shape index (κ2) is 8.12. The van der Waals surface area contributed by atoms with Crippen LogP contribution in [0, 0.1) is 5.92 Å². The molecule has 3 heterocycles. The summed E-state index contributed by atoms with van der Waals surface area (Å²) in [4.78, 5) is 33.7.